The number of carbonyl (C=O) groups excluding carboxylic acids is 3. The lowest BCUT2D eigenvalue weighted by atomic mass is 10.1. The first-order chi connectivity index (χ1) is 29.6. The number of carboxylic acids is 1. The number of nitrogens with zero attached hydrogens (tertiary/aromatic N) is 1. The van der Waals surface area contributed by atoms with Crippen molar-refractivity contribution in [1.82, 2.24) is 0 Å². The Hall–Kier alpha value is -3.23. The summed E-state index contributed by atoms with van der Waals surface area (Å²) >= 11 is 0. The molecule has 2 atom stereocenters. The van der Waals surface area contributed by atoms with Gasteiger partial charge in [-0.3, -0.25) is 9.59 Å². The topological polar surface area (TPSA) is 102 Å². The Morgan fingerprint density at radius 3 is 1.30 bits per heavy atom. The van der Waals surface area contributed by atoms with Crippen LogP contribution in [0.4, 0.5) is 0 Å². The number of rotatable bonds is 43. The lowest BCUT2D eigenvalue weighted by Gasteiger charge is -2.34. The van der Waals surface area contributed by atoms with Crippen LogP contribution < -0.4 is 5.11 Å². The van der Waals surface area contributed by atoms with Gasteiger partial charge in [-0.25, -0.2) is 0 Å². The third kappa shape index (κ3) is 41.9. The Labute approximate surface area is 374 Å². The number of carbonyl (C=O) groups is 3. The summed E-state index contributed by atoms with van der Waals surface area (Å²) in [6, 6.07) is -0.734. The summed E-state index contributed by atoms with van der Waals surface area (Å²) < 4.78 is 17.2. The summed E-state index contributed by atoms with van der Waals surface area (Å²) in [5, 5.41) is 11.7. The van der Waals surface area contributed by atoms with Crippen LogP contribution in [-0.2, 0) is 28.6 Å². The highest BCUT2D eigenvalue weighted by Gasteiger charge is 2.25. The third-order valence-corrected chi connectivity index (χ3v) is 10.7. The molecule has 350 valence electrons. The largest absolute Gasteiger partial charge is 0.544 e. The van der Waals surface area contributed by atoms with Crippen molar-refractivity contribution in [2.45, 2.75) is 206 Å². The number of ether oxygens (including phenoxy) is 3. The van der Waals surface area contributed by atoms with E-state index < -0.39 is 18.1 Å². The smallest absolute Gasteiger partial charge is 0.306 e. The second-order valence-electron chi connectivity index (χ2n) is 17.5. The first-order valence-corrected chi connectivity index (χ1v) is 24.5. The Bertz CT molecular complexity index is 1230. The Balaban J connectivity index is 4.34. The first kappa shape index (κ1) is 57.8. The molecule has 0 aromatic carbocycles. The molecule has 8 heteroatoms. The number of hydrogen-bond acceptors (Lipinski definition) is 7. The van der Waals surface area contributed by atoms with Gasteiger partial charge in [0.15, 0.2) is 6.10 Å². The van der Waals surface area contributed by atoms with Crippen molar-refractivity contribution in [2.75, 3.05) is 41.0 Å². The SMILES string of the molecule is CCCCC/C=C/C=C/C=C/C=C/CCCCCCCC(=O)OC(COCCC(C(=O)[O-])[N+](C)(C)C)COC(=O)CCCCCCCCCCCC/C=C/C=C/CCCCC. The number of quaternary nitrogens is 1. The molecule has 0 spiro atoms. The summed E-state index contributed by atoms with van der Waals surface area (Å²) in [5.74, 6) is -1.77. The minimum absolute atomic E-state index is 0.0268. The molecule has 0 N–H and O–H groups in total. The van der Waals surface area contributed by atoms with E-state index in [9.17, 15) is 19.5 Å². The number of esters is 2. The zero-order valence-corrected chi connectivity index (χ0v) is 39.8. The van der Waals surface area contributed by atoms with Crippen LogP contribution in [0.25, 0.3) is 0 Å². The molecule has 0 saturated carbocycles. The number of unbranched alkanes of at least 4 members (excludes halogenated alkanes) is 21. The van der Waals surface area contributed by atoms with Crippen LogP contribution >= 0.6 is 0 Å². The van der Waals surface area contributed by atoms with Crippen molar-refractivity contribution < 1.29 is 38.2 Å². The van der Waals surface area contributed by atoms with E-state index in [1.54, 1.807) is 21.1 Å². The molecule has 0 heterocycles. The number of hydrogen-bond donors (Lipinski definition) is 0. The minimum atomic E-state index is -1.13. The van der Waals surface area contributed by atoms with Crippen LogP contribution in [0.2, 0.25) is 0 Å². The molecular weight excluding hydrogens is 763 g/mol. The van der Waals surface area contributed by atoms with Gasteiger partial charge in [0.25, 0.3) is 0 Å². The molecule has 61 heavy (non-hydrogen) atoms. The highest BCUT2D eigenvalue weighted by Crippen LogP contribution is 2.14. The Kier molecular flexibility index (Phi) is 41.1. The molecule has 8 nitrogen and oxygen atoms in total. The standard InChI is InChI=1S/C53H91NO7/c1-6-8-10-12-14-16-18-20-22-24-26-28-29-31-33-35-37-39-41-43-51(55)60-48-49(47-59-46-45-50(53(57)58)54(3,4)5)61-52(56)44-42-40-38-36-34-32-30-27-25-23-21-19-17-15-13-11-9-7-2/h14-21,23,25,27,30,49-50H,6-13,22,24,26,28-29,31-48H2,1-5H3/b16-14+,17-15+,20-18+,21-19+,25-23+,30-27+. The van der Waals surface area contributed by atoms with Gasteiger partial charge in [-0.05, 0) is 64.2 Å². The molecular formula is C53H91NO7. The van der Waals surface area contributed by atoms with Crippen LogP contribution in [0.1, 0.15) is 194 Å². The van der Waals surface area contributed by atoms with Crippen molar-refractivity contribution in [3.05, 3.63) is 72.9 Å². The fraction of sp³-hybridized carbons (Fsp3) is 0.717. The maximum Gasteiger partial charge on any atom is 0.306 e. The summed E-state index contributed by atoms with van der Waals surface area (Å²) in [5.41, 5.74) is 0. The maximum absolute atomic E-state index is 12.8. The van der Waals surface area contributed by atoms with Gasteiger partial charge < -0.3 is 28.6 Å². The van der Waals surface area contributed by atoms with Crippen LogP contribution in [0, 0.1) is 0 Å². The second-order valence-corrected chi connectivity index (χ2v) is 17.5. The van der Waals surface area contributed by atoms with E-state index in [1.165, 1.54) is 96.3 Å². The highest BCUT2D eigenvalue weighted by molar-refractivity contribution is 5.70. The van der Waals surface area contributed by atoms with Crippen LogP contribution in [-0.4, -0.2) is 75.5 Å². The molecule has 2 unspecified atom stereocenters. The van der Waals surface area contributed by atoms with E-state index in [1.807, 2.05) is 6.08 Å². The molecule has 0 radical (unpaired) electrons. The van der Waals surface area contributed by atoms with E-state index in [0.717, 1.165) is 64.2 Å². The number of likely N-dealkylation sites (N-methyl/N-ethyl adjacent to an activating group) is 1. The normalized spacial score (nSPS) is 13.5. The maximum atomic E-state index is 12.8. The van der Waals surface area contributed by atoms with E-state index in [-0.39, 0.29) is 42.7 Å². The quantitative estimate of drug-likeness (QED) is 0.0260. The van der Waals surface area contributed by atoms with Gasteiger partial charge in [0.1, 0.15) is 12.6 Å². The van der Waals surface area contributed by atoms with Crippen LogP contribution in [0.3, 0.4) is 0 Å². The average Bonchev–Trinajstić information content (AvgIpc) is 3.22. The third-order valence-electron chi connectivity index (χ3n) is 10.7. The van der Waals surface area contributed by atoms with Crippen molar-refractivity contribution in [2.24, 2.45) is 0 Å². The molecule has 0 aliphatic rings. The van der Waals surface area contributed by atoms with Crippen molar-refractivity contribution in [3.63, 3.8) is 0 Å². The number of aliphatic carboxylic acids is 1. The molecule has 0 aromatic heterocycles. The monoisotopic (exact) mass is 854 g/mol. The lowest BCUT2D eigenvalue weighted by Crippen LogP contribution is -2.55. The fourth-order valence-corrected chi connectivity index (χ4v) is 6.84. The summed E-state index contributed by atoms with van der Waals surface area (Å²) in [7, 11) is 5.40. The molecule has 0 amide bonds. The Morgan fingerprint density at radius 1 is 0.492 bits per heavy atom. The minimum Gasteiger partial charge on any atom is -0.544 e. The predicted octanol–water partition coefficient (Wildman–Crippen LogP) is 12.6. The van der Waals surface area contributed by atoms with Gasteiger partial charge in [0.2, 0.25) is 0 Å². The fourth-order valence-electron chi connectivity index (χ4n) is 6.84. The van der Waals surface area contributed by atoms with Crippen molar-refractivity contribution in [3.8, 4) is 0 Å². The molecule has 0 aliphatic carbocycles. The molecule has 0 aliphatic heterocycles. The summed E-state index contributed by atoms with van der Waals surface area (Å²) in [6.07, 6.45) is 54.9. The second kappa shape index (κ2) is 43.4. The average molecular weight is 854 g/mol. The Morgan fingerprint density at radius 2 is 0.869 bits per heavy atom. The zero-order chi connectivity index (χ0) is 44.9. The number of allylic oxidation sites excluding steroid dienone is 12. The predicted molar refractivity (Wildman–Crippen MR) is 254 cm³/mol. The van der Waals surface area contributed by atoms with Crippen molar-refractivity contribution in [1.29, 1.82) is 0 Å². The molecule has 0 fully saturated rings. The van der Waals surface area contributed by atoms with E-state index in [0.29, 0.717) is 12.8 Å². The lowest BCUT2D eigenvalue weighted by molar-refractivity contribution is -0.889. The molecule has 0 bridgehead atoms. The van der Waals surface area contributed by atoms with Gasteiger partial charge in [-0.1, -0.05) is 183 Å². The van der Waals surface area contributed by atoms with Gasteiger partial charge in [-0.2, -0.15) is 0 Å². The zero-order valence-electron chi connectivity index (χ0n) is 39.8. The number of carboxylic acid groups (broad SMARTS) is 1. The summed E-state index contributed by atoms with van der Waals surface area (Å²) in [6.45, 7) is 4.57. The van der Waals surface area contributed by atoms with Gasteiger partial charge in [0.05, 0.1) is 40.3 Å². The van der Waals surface area contributed by atoms with E-state index in [2.05, 4.69) is 80.7 Å². The van der Waals surface area contributed by atoms with Gasteiger partial charge in [-0.15, -0.1) is 0 Å². The highest BCUT2D eigenvalue weighted by atomic mass is 16.6. The molecule has 0 saturated heterocycles. The van der Waals surface area contributed by atoms with Crippen LogP contribution in [0.15, 0.2) is 72.9 Å². The van der Waals surface area contributed by atoms with Crippen LogP contribution in [0.5, 0.6) is 0 Å². The summed E-state index contributed by atoms with van der Waals surface area (Å²) in [4.78, 5) is 37.0. The molecule has 0 aromatic rings. The van der Waals surface area contributed by atoms with Crippen molar-refractivity contribution >= 4 is 17.9 Å². The first-order valence-electron chi connectivity index (χ1n) is 24.5. The van der Waals surface area contributed by atoms with E-state index >= 15 is 0 Å². The van der Waals surface area contributed by atoms with E-state index in [4.69, 9.17) is 14.2 Å². The van der Waals surface area contributed by atoms with Gasteiger partial charge >= 0.3 is 11.9 Å². The molecule has 0 rings (SSSR count). The van der Waals surface area contributed by atoms with Gasteiger partial charge in [0, 0.05) is 19.3 Å².